The van der Waals surface area contributed by atoms with Crippen molar-refractivity contribution in [3.63, 3.8) is 0 Å². The smallest absolute Gasteiger partial charge is 0.416 e. The number of allylic oxidation sites excluding steroid dienone is 1. The lowest BCUT2D eigenvalue weighted by molar-refractivity contribution is -0.139. The van der Waals surface area contributed by atoms with E-state index in [1.165, 1.54) is 6.92 Å². The molecule has 0 radical (unpaired) electrons. The molecule has 0 fully saturated rings. The van der Waals surface area contributed by atoms with Gasteiger partial charge in [-0.3, -0.25) is 9.22 Å². The number of halogens is 3. The molecule has 1 rings (SSSR count). The lowest BCUT2D eigenvalue weighted by atomic mass is 10.2. The average Bonchev–Trinajstić information content (AvgIpc) is 2.57. The monoisotopic (exact) mass is 379 g/mol. The van der Waals surface area contributed by atoms with Gasteiger partial charge in [0, 0.05) is 5.75 Å². The number of benzene rings is 1. The van der Waals surface area contributed by atoms with Gasteiger partial charge in [-0.15, -0.1) is 0 Å². The van der Waals surface area contributed by atoms with Crippen molar-refractivity contribution in [2.24, 2.45) is 11.6 Å². The van der Waals surface area contributed by atoms with Gasteiger partial charge in [0.05, 0.1) is 39.2 Å². The summed E-state index contributed by atoms with van der Waals surface area (Å²) in [5.74, 6) is 5.19. The molecule has 1 unspecified atom stereocenters. The summed E-state index contributed by atoms with van der Waals surface area (Å²) in [6.07, 6.45) is -4.58. The molecule has 4 N–H and O–H groups in total. The minimum absolute atomic E-state index is 0.0536. The van der Waals surface area contributed by atoms with Crippen molar-refractivity contribution in [3.05, 3.63) is 35.2 Å². The standard InChI is InChI=1S/C15H20F3N3O3S/c1-4-24-14(22)13(19)9(3)21(20)11-7-6-10(15(16,17)18)8-12(11)25(23)5-2/h6-8H,4-5,19-20H2,1-3H3/b13-9-. The van der Waals surface area contributed by atoms with Gasteiger partial charge in [-0.05, 0) is 32.0 Å². The van der Waals surface area contributed by atoms with Crippen LogP contribution < -0.4 is 16.6 Å². The number of hydrogen-bond donors (Lipinski definition) is 2. The number of nitrogens with zero attached hydrogens (tertiary/aromatic N) is 1. The van der Waals surface area contributed by atoms with Crippen LogP contribution in [0.3, 0.4) is 0 Å². The van der Waals surface area contributed by atoms with Gasteiger partial charge in [-0.2, -0.15) is 13.2 Å². The van der Waals surface area contributed by atoms with Crippen molar-refractivity contribution < 1.29 is 26.9 Å². The number of rotatable bonds is 6. The van der Waals surface area contributed by atoms with Crippen LogP contribution in [-0.4, -0.2) is 22.5 Å². The Labute approximate surface area is 146 Å². The van der Waals surface area contributed by atoms with E-state index in [1.807, 2.05) is 0 Å². The second kappa shape index (κ2) is 8.34. The molecule has 0 aliphatic rings. The van der Waals surface area contributed by atoms with E-state index >= 15 is 0 Å². The third kappa shape index (κ3) is 4.95. The number of ether oxygens (including phenoxy) is 1. The maximum Gasteiger partial charge on any atom is 0.416 e. The third-order valence-electron chi connectivity index (χ3n) is 3.30. The summed E-state index contributed by atoms with van der Waals surface area (Å²) >= 11 is 0. The van der Waals surface area contributed by atoms with E-state index in [-0.39, 0.29) is 34.3 Å². The van der Waals surface area contributed by atoms with Crippen LogP contribution in [0.1, 0.15) is 26.3 Å². The number of alkyl halides is 3. The van der Waals surface area contributed by atoms with Crippen LogP contribution in [0.25, 0.3) is 0 Å². The number of anilines is 1. The van der Waals surface area contributed by atoms with Crippen LogP contribution in [0.5, 0.6) is 0 Å². The highest BCUT2D eigenvalue weighted by Crippen LogP contribution is 2.34. The molecule has 0 bridgehead atoms. The molecule has 0 spiro atoms. The minimum atomic E-state index is -4.58. The third-order valence-corrected chi connectivity index (χ3v) is 4.64. The molecular formula is C15H20F3N3O3S. The molecule has 0 aromatic heterocycles. The lowest BCUT2D eigenvalue weighted by Gasteiger charge is -2.24. The molecule has 6 nitrogen and oxygen atoms in total. The number of carbonyl (C=O) groups is 1. The van der Waals surface area contributed by atoms with Gasteiger partial charge in [0.2, 0.25) is 0 Å². The summed E-state index contributed by atoms with van der Waals surface area (Å²) in [5, 5.41) is 0.926. The Morgan fingerprint density at radius 2 is 1.92 bits per heavy atom. The number of esters is 1. The molecule has 0 heterocycles. The number of nitrogens with two attached hydrogens (primary N) is 2. The summed E-state index contributed by atoms with van der Waals surface area (Å²) in [6, 6.07) is 2.69. The van der Waals surface area contributed by atoms with Crippen molar-refractivity contribution in [2.75, 3.05) is 17.4 Å². The fourth-order valence-electron chi connectivity index (χ4n) is 1.89. The first kappa shape index (κ1) is 21.0. The largest absolute Gasteiger partial charge is 0.461 e. The van der Waals surface area contributed by atoms with Gasteiger partial charge in [0.25, 0.3) is 0 Å². The van der Waals surface area contributed by atoms with Crippen LogP contribution in [0, 0.1) is 0 Å². The summed E-state index contributed by atoms with van der Waals surface area (Å²) in [7, 11) is -1.71. The number of hydrogen-bond acceptors (Lipinski definition) is 6. The Morgan fingerprint density at radius 3 is 2.40 bits per heavy atom. The fraction of sp³-hybridized carbons (Fsp3) is 0.400. The van der Waals surface area contributed by atoms with Crippen LogP contribution in [-0.2, 0) is 26.5 Å². The number of carbonyl (C=O) groups excluding carboxylic acids is 1. The Hall–Kier alpha value is -2.07. The number of hydrazine groups is 1. The van der Waals surface area contributed by atoms with Crippen LogP contribution in [0.15, 0.2) is 34.5 Å². The first-order valence-electron chi connectivity index (χ1n) is 7.32. The molecule has 0 aliphatic heterocycles. The lowest BCUT2D eigenvalue weighted by Crippen LogP contribution is -2.34. The van der Waals surface area contributed by atoms with Gasteiger partial charge in [-0.1, -0.05) is 6.92 Å². The highest BCUT2D eigenvalue weighted by molar-refractivity contribution is 7.85. The Balaban J connectivity index is 3.42. The van der Waals surface area contributed by atoms with Crippen LogP contribution in [0.4, 0.5) is 18.9 Å². The molecule has 0 saturated heterocycles. The summed E-state index contributed by atoms with van der Waals surface area (Å²) < 4.78 is 55.7. The molecule has 1 aromatic rings. The van der Waals surface area contributed by atoms with E-state index in [0.29, 0.717) is 0 Å². The highest BCUT2D eigenvalue weighted by Gasteiger charge is 2.32. The Bertz CT molecular complexity index is 705. The van der Waals surface area contributed by atoms with Gasteiger partial charge >= 0.3 is 12.1 Å². The molecule has 0 aliphatic carbocycles. The van der Waals surface area contributed by atoms with Gasteiger partial charge in [0.15, 0.2) is 0 Å². The zero-order valence-electron chi connectivity index (χ0n) is 14.0. The Morgan fingerprint density at radius 1 is 1.32 bits per heavy atom. The molecule has 0 amide bonds. The van der Waals surface area contributed by atoms with Crippen molar-refractivity contribution in [1.82, 2.24) is 0 Å². The molecule has 25 heavy (non-hydrogen) atoms. The van der Waals surface area contributed by atoms with Crippen molar-refractivity contribution in [1.29, 1.82) is 0 Å². The predicted molar refractivity (Wildman–Crippen MR) is 88.6 cm³/mol. The van der Waals surface area contributed by atoms with E-state index in [1.54, 1.807) is 13.8 Å². The van der Waals surface area contributed by atoms with E-state index < -0.39 is 28.5 Å². The normalized spacial score (nSPS) is 13.9. The molecule has 10 heteroatoms. The molecule has 1 aromatic carbocycles. The molecule has 0 saturated carbocycles. The summed E-state index contributed by atoms with van der Waals surface area (Å²) in [4.78, 5) is 11.6. The summed E-state index contributed by atoms with van der Waals surface area (Å²) in [6.45, 7) is 4.67. The topological polar surface area (TPSA) is 98.7 Å². The van der Waals surface area contributed by atoms with Crippen molar-refractivity contribution in [3.8, 4) is 0 Å². The van der Waals surface area contributed by atoms with E-state index in [2.05, 4.69) is 0 Å². The average molecular weight is 379 g/mol. The zero-order chi connectivity index (χ0) is 19.4. The van der Waals surface area contributed by atoms with Crippen LogP contribution >= 0.6 is 0 Å². The molecule has 1 atom stereocenters. The predicted octanol–water partition coefficient (Wildman–Crippen LogP) is 2.27. The maximum atomic E-state index is 12.9. The van der Waals surface area contributed by atoms with Gasteiger partial charge in [0.1, 0.15) is 5.70 Å². The van der Waals surface area contributed by atoms with E-state index in [4.69, 9.17) is 16.3 Å². The zero-order valence-corrected chi connectivity index (χ0v) is 14.8. The fourth-order valence-corrected chi connectivity index (χ4v) is 2.86. The van der Waals surface area contributed by atoms with Crippen LogP contribution in [0.2, 0.25) is 0 Å². The second-order valence-corrected chi connectivity index (χ2v) is 6.61. The first-order valence-corrected chi connectivity index (χ1v) is 8.64. The van der Waals surface area contributed by atoms with Crippen molar-refractivity contribution in [2.45, 2.75) is 31.8 Å². The van der Waals surface area contributed by atoms with E-state index in [0.717, 1.165) is 23.2 Å². The van der Waals surface area contributed by atoms with Crippen molar-refractivity contribution >= 4 is 22.5 Å². The maximum absolute atomic E-state index is 12.9. The van der Waals surface area contributed by atoms with Gasteiger partial charge < -0.3 is 10.5 Å². The first-order chi connectivity index (χ1) is 11.5. The SMILES string of the molecule is CCOC(=O)/C(N)=C(\C)N(N)c1ccc(C(F)(F)F)cc1S(=O)CC. The second-order valence-electron chi connectivity index (χ2n) is 4.90. The Kier molecular flexibility index (Phi) is 7.00. The minimum Gasteiger partial charge on any atom is -0.461 e. The summed E-state index contributed by atoms with van der Waals surface area (Å²) in [5.41, 5.74) is 4.55. The molecular weight excluding hydrogens is 359 g/mol. The highest BCUT2D eigenvalue weighted by atomic mass is 32.2. The molecule has 140 valence electrons. The quantitative estimate of drug-likeness (QED) is 0.340. The van der Waals surface area contributed by atoms with Gasteiger partial charge in [-0.25, -0.2) is 10.6 Å². The van der Waals surface area contributed by atoms with E-state index in [9.17, 15) is 22.2 Å².